The van der Waals surface area contributed by atoms with Crippen molar-refractivity contribution in [2.75, 3.05) is 7.11 Å². The summed E-state index contributed by atoms with van der Waals surface area (Å²) < 4.78 is 4.47. The van der Waals surface area contributed by atoms with Crippen molar-refractivity contribution in [3.8, 4) is 0 Å². The Morgan fingerprint density at radius 3 is 2.29 bits per heavy atom. The highest BCUT2D eigenvalue weighted by atomic mass is 16.5. The molecule has 0 unspecified atom stereocenters. The topological polar surface area (TPSA) is 38.7 Å². The number of hydrogen-bond donors (Lipinski definition) is 0. The minimum Gasteiger partial charge on any atom is -0.466 e. The second-order valence-corrected chi connectivity index (χ2v) is 3.99. The molecule has 0 saturated heterocycles. The molecule has 0 saturated carbocycles. The Kier molecular flexibility index (Phi) is 7.68. The lowest BCUT2D eigenvalue weighted by Gasteiger charge is -1.98. The van der Waals surface area contributed by atoms with Crippen molar-refractivity contribution in [3.05, 3.63) is 36.0 Å². The zero-order chi connectivity index (χ0) is 13.3. The molecule has 17 heavy (non-hydrogen) atoms. The summed E-state index contributed by atoms with van der Waals surface area (Å²) in [5.74, 6) is -0.353. The van der Waals surface area contributed by atoms with Crippen LogP contribution in [0.1, 0.15) is 27.7 Å². The lowest BCUT2D eigenvalue weighted by molar-refractivity contribution is -0.134. The highest BCUT2D eigenvalue weighted by molar-refractivity contribution is 5.93. The highest BCUT2D eigenvalue weighted by Gasteiger charge is 1.90. The molecule has 0 aliphatic rings. The first kappa shape index (κ1) is 15.4. The Hall–Kier alpha value is -1.64. The molecule has 0 N–H and O–H groups in total. The Morgan fingerprint density at radius 1 is 1.18 bits per heavy atom. The summed E-state index contributed by atoms with van der Waals surface area (Å²) in [6, 6.07) is 0.308. The third-order valence-electron chi connectivity index (χ3n) is 1.80. The van der Waals surface area contributed by atoms with E-state index in [2.05, 4.69) is 9.73 Å². The van der Waals surface area contributed by atoms with Gasteiger partial charge in [-0.1, -0.05) is 18.2 Å². The van der Waals surface area contributed by atoms with Crippen LogP contribution in [0.15, 0.2) is 40.9 Å². The van der Waals surface area contributed by atoms with Crippen LogP contribution in [0.5, 0.6) is 0 Å². The van der Waals surface area contributed by atoms with Gasteiger partial charge in [0.25, 0.3) is 0 Å². The van der Waals surface area contributed by atoms with Crippen LogP contribution in [0.3, 0.4) is 0 Å². The number of rotatable bonds is 5. The Morgan fingerprint density at radius 2 is 1.76 bits per heavy atom. The number of esters is 1. The van der Waals surface area contributed by atoms with Gasteiger partial charge in [-0.05, 0) is 39.3 Å². The molecular formula is C14H21NO2. The van der Waals surface area contributed by atoms with Crippen molar-refractivity contribution in [3.63, 3.8) is 0 Å². The third kappa shape index (κ3) is 9.30. The van der Waals surface area contributed by atoms with Gasteiger partial charge in [-0.2, -0.15) is 0 Å². The molecule has 3 heteroatoms. The van der Waals surface area contributed by atoms with Crippen LogP contribution in [-0.4, -0.2) is 24.8 Å². The van der Waals surface area contributed by atoms with Crippen molar-refractivity contribution < 1.29 is 9.53 Å². The van der Waals surface area contributed by atoms with Crippen LogP contribution in [0, 0.1) is 0 Å². The number of ether oxygens (including phenoxy) is 1. The molecule has 0 amide bonds. The van der Waals surface area contributed by atoms with E-state index in [-0.39, 0.29) is 5.97 Å². The summed E-state index contributed by atoms with van der Waals surface area (Å²) in [6.45, 7) is 8.05. The maximum absolute atomic E-state index is 10.8. The molecule has 0 aromatic carbocycles. The van der Waals surface area contributed by atoms with Crippen LogP contribution in [0.25, 0.3) is 0 Å². The summed E-state index contributed by atoms with van der Waals surface area (Å²) in [5.41, 5.74) is 2.08. The lowest BCUT2D eigenvalue weighted by atomic mass is 10.2. The molecule has 0 rings (SSSR count). The van der Waals surface area contributed by atoms with Gasteiger partial charge >= 0.3 is 5.97 Å². The molecule has 0 aliphatic carbocycles. The maximum Gasteiger partial charge on any atom is 0.330 e. The minimum atomic E-state index is -0.353. The molecular weight excluding hydrogens is 214 g/mol. The normalized spacial score (nSPS) is 14.0. The Labute approximate surface area is 104 Å². The van der Waals surface area contributed by atoms with E-state index in [0.29, 0.717) is 6.04 Å². The van der Waals surface area contributed by atoms with Crippen molar-refractivity contribution in [1.29, 1.82) is 0 Å². The van der Waals surface area contributed by atoms with Gasteiger partial charge in [-0.25, -0.2) is 4.79 Å². The number of carbonyl (C=O) groups is 1. The van der Waals surface area contributed by atoms with E-state index in [1.807, 2.05) is 39.8 Å². The van der Waals surface area contributed by atoms with Gasteiger partial charge in [0.1, 0.15) is 0 Å². The molecule has 0 fully saturated rings. The van der Waals surface area contributed by atoms with Crippen molar-refractivity contribution >= 4 is 11.7 Å². The number of hydrogen-bond acceptors (Lipinski definition) is 3. The number of allylic oxidation sites excluding steroid dienone is 5. The third-order valence-corrected chi connectivity index (χ3v) is 1.80. The van der Waals surface area contributed by atoms with Crippen LogP contribution >= 0.6 is 0 Å². The lowest BCUT2D eigenvalue weighted by Crippen LogP contribution is -1.95. The number of nitrogens with zero attached hydrogens (tertiary/aromatic N) is 1. The second kappa shape index (κ2) is 8.50. The number of methoxy groups -OCH3 is 1. The molecule has 0 bridgehead atoms. The van der Waals surface area contributed by atoms with Crippen molar-refractivity contribution in [2.24, 2.45) is 4.99 Å². The van der Waals surface area contributed by atoms with Crippen molar-refractivity contribution in [2.45, 2.75) is 33.7 Å². The summed E-state index contributed by atoms with van der Waals surface area (Å²) >= 11 is 0. The van der Waals surface area contributed by atoms with E-state index >= 15 is 0 Å². The fraction of sp³-hybridized carbons (Fsp3) is 0.429. The molecule has 0 heterocycles. The predicted octanol–water partition coefficient (Wildman–Crippen LogP) is 3.09. The van der Waals surface area contributed by atoms with E-state index in [4.69, 9.17) is 0 Å². The molecule has 0 aromatic rings. The average Bonchev–Trinajstić information content (AvgIpc) is 2.22. The molecule has 0 aliphatic heterocycles. The van der Waals surface area contributed by atoms with Gasteiger partial charge in [0, 0.05) is 17.8 Å². The van der Waals surface area contributed by atoms with Gasteiger partial charge < -0.3 is 4.74 Å². The fourth-order valence-electron chi connectivity index (χ4n) is 1.23. The average molecular weight is 235 g/mol. The molecule has 0 aromatic heterocycles. The second-order valence-electron chi connectivity index (χ2n) is 3.99. The van der Waals surface area contributed by atoms with E-state index in [1.54, 1.807) is 12.2 Å². The maximum atomic E-state index is 10.8. The fourth-order valence-corrected chi connectivity index (χ4v) is 1.23. The minimum absolute atomic E-state index is 0.308. The molecule has 3 nitrogen and oxygen atoms in total. The largest absolute Gasteiger partial charge is 0.466 e. The van der Waals surface area contributed by atoms with Crippen LogP contribution < -0.4 is 0 Å². The van der Waals surface area contributed by atoms with Gasteiger partial charge in [-0.3, -0.25) is 4.99 Å². The zero-order valence-electron chi connectivity index (χ0n) is 11.2. The SMILES string of the molecule is COC(=O)/C=C/C=C/C(C)=C/C(C)=NC(C)C. The molecule has 0 radical (unpaired) electrons. The summed E-state index contributed by atoms with van der Waals surface area (Å²) in [6.07, 6.45) is 8.74. The van der Waals surface area contributed by atoms with E-state index in [0.717, 1.165) is 11.3 Å². The molecule has 0 atom stereocenters. The summed E-state index contributed by atoms with van der Waals surface area (Å²) in [7, 11) is 1.35. The first-order valence-corrected chi connectivity index (χ1v) is 5.61. The van der Waals surface area contributed by atoms with E-state index in [1.165, 1.54) is 13.2 Å². The van der Waals surface area contributed by atoms with Gasteiger partial charge in [0.05, 0.1) is 7.11 Å². The van der Waals surface area contributed by atoms with Crippen molar-refractivity contribution in [1.82, 2.24) is 0 Å². The van der Waals surface area contributed by atoms with Gasteiger partial charge in [-0.15, -0.1) is 0 Å². The smallest absolute Gasteiger partial charge is 0.330 e. The van der Waals surface area contributed by atoms with Crippen LogP contribution in [0.4, 0.5) is 0 Å². The highest BCUT2D eigenvalue weighted by Crippen LogP contribution is 1.98. The Bertz CT molecular complexity index is 360. The monoisotopic (exact) mass is 235 g/mol. The quantitative estimate of drug-likeness (QED) is 0.318. The Balaban J connectivity index is 4.39. The molecule has 94 valence electrons. The first-order valence-electron chi connectivity index (χ1n) is 5.61. The number of aliphatic imine (C=N–C) groups is 1. The van der Waals surface area contributed by atoms with Crippen LogP contribution in [-0.2, 0) is 9.53 Å². The summed E-state index contributed by atoms with van der Waals surface area (Å²) in [5, 5.41) is 0. The summed E-state index contributed by atoms with van der Waals surface area (Å²) in [4.78, 5) is 15.2. The standard InChI is InChI=1S/C14H21NO2/c1-11(2)15-13(4)10-12(3)8-6-7-9-14(16)17-5/h6-11H,1-5H3/b8-6+,9-7+,12-10+,15-13?. The first-order chi connectivity index (χ1) is 7.95. The predicted molar refractivity (Wildman–Crippen MR) is 72.3 cm³/mol. The number of carbonyl (C=O) groups excluding carboxylic acids is 1. The molecule has 0 spiro atoms. The van der Waals surface area contributed by atoms with Crippen LogP contribution in [0.2, 0.25) is 0 Å². The van der Waals surface area contributed by atoms with E-state index in [9.17, 15) is 4.79 Å². The van der Waals surface area contributed by atoms with Gasteiger partial charge in [0.2, 0.25) is 0 Å². The van der Waals surface area contributed by atoms with Gasteiger partial charge in [0.15, 0.2) is 0 Å². The zero-order valence-corrected chi connectivity index (χ0v) is 11.2. The van der Waals surface area contributed by atoms with E-state index < -0.39 is 0 Å².